The van der Waals surface area contributed by atoms with Crippen molar-refractivity contribution in [2.45, 2.75) is 25.8 Å². The summed E-state index contributed by atoms with van der Waals surface area (Å²) in [7, 11) is 0. The summed E-state index contributed by atoms with van der Waals surface area (Å²) in [5.41, 5.74) is 2.45. The van der Waals surface area contributed by atoms with E-state index >= 15 is 0 Å². The molecule has 0 fully saturated rings. The second-order valence-corrected chi connectivity index (χ2v) is 6.05. The molecule has 1 atom stereocenters. The van der Waals surface area contributed by atoms with Gasteiger partial charge in [-0.15, -0.1) is 0 Å². The number of benzene rings is 2. The van der Waals surface area contributed by atoms with Gasteiger partial charge in [-0.2, -0.15) is 5.10 Å². The Bertz CT molecular complexity index is 828. The zero-order valence-electron chi connectivity index (χ0n) is 14.0. The van der Waals surface area contributed by atoms with Crippen molar-refractivity contribution in [2.24, 2.45) is 0 Å². The number of halogens is 1. The maximum Gasteiger partial charge on any atom is 0.254 e. The Morgan fingerprint density at radius 1 is 1.16 bits per heavy atom. The van der Waals surface area contributed by atoms with Gasteiger partial charge in [-0.05, 0) is 49.6 Å². The second kappa shape index (κ2) is 7.75. The summed E-state index contributed by atoms with van der Waals surface area (Å²) < 4.78 is 14.5. The van der Waals surface area contributed by atoms with E-state index in [2.05, 4.69) is 22.5 Å². The fourth-order valence-electron chi connectivity index (χ4n) is 2.58. The normalized spacial score (nSPS) is 11.9. The van der Waals surface area contributed by atoms with Crippen molar-refractivity contribution >= 4 is 5.91 Å². The number of amides is 1. The fourth-order valence-corrected chi connectivity index (χ4v) is 2.58. The monoisotopic (exact) mass is 337 g/mol. The predicted octanol–water partition coefficient (Wildman–Crippen LogP) is 3.76. The molecule has 25 heavy (non-hydrogen) atoms. The Morgan fingerprint density at radius 2 is 1.88 bits per heavy atom. The SMILES string of the molecule is C[C@@H](CCc1ccccc1)NC(=O)c1cnn(-c2ccc(F)cc2)c1. The molecule has 1 N–H and O–H groups in total. The van der Waals surface area contributed by atoms with Gasteiger partial charge in [0.1, 0.15) is 5.82 Å². The maximum atomic E-state index is 13.0. The highest BCUT2D eigenvalue weighted by Gasteiger charge is 2.12. The first-order chi connectivity index (χ1) is 12.1. The summed E-state index contributed by atoms with van der Waals surface area (Å²) in [4.78, 5) is 12.3. The number of hydrogen-bond donors (Lipinski definition) is 1. The summed E-state index contributed by atoms with van der Waals surface area (Å²) >= 11 is 0. The van der Waals surface area contributed by atoms with Crippen molar-refractivity contribution in [2.75, 3.05) is 0 Å². The van der Waals surface area contributed by atoms with Crippen LogP contribution in [0.1, 0.15) is 29.3 Å². The van der Waals surface area contributed by atoms with Gasteiger partial charge in [-0.1, -0.05) is 30.3 Å². The second-order valence-electron chi connectivity index (χ2n) is 6.05. The zero-order valence-corrected chi connectivity index (χ0v) is 14.0. The number of hydrogen-bond acceptors (Lipinski definition) is 2. The third-order valence-corrected chi connectivity index (χ3v) is 4.02. The Kier molecular flexibility index (Phi) is 5.23. The highest BCUT2D eigenvalue weighted by molar-refractivity contribution is 5.93. The molecule has 128 valence electrons. The van der Waals surface area contributed by atoms with Crippen LogP contribution in [0, 0.1) is 5.82 Å². The molecule has 1 aromatic heterocycles. The van der Waals surface area contributed by atoms with Crippen LogP contribution in [0.25, 0.3) is 5.69 Å². The minimum Gasteiger partial charge on any atom is -0.349 e. The molecule has 5 heteroatoms. The van der Waals surface area contributed by atoms with E-state index in [0.29, 0.717) is 11.3 Å². The van der Waals surface area contributed by atoms with E-state index in [9.17, 15) is 9.18 Å². The van der Waals surface area contributed by atoms with Gasteiger partial charge in [0.25, 0.3) is 5.91 Å². The molecule has 0 aliphatic carbocycles. The molecule has 0 aliphatic rings. The molecule has 0 unspecified atom stereocenters. The molecular formula is C20H20FN3O. The lowest BCUT2D eigenvalue weighted by atomic mass is 10.1. The van der Waals surface area contributed by atoms with Crippen LogP contribution in [0.5, 0.6) is 0 Å². The van der Waals surface area contributed by atoms with Gasteiger partial charge in [0.2, 0.25) is 0 Å². The van der Waals surface area contributed by atoms with Crippen LogP contribution >= 0.6 is 0 Å². The van der Waals surface area contributed by atoms with Crippen LogP contribution in [0.4, 0.5) is 4.39 Å². The first kappa shape index (κ1) is 16.9. The van der Waals surface area contributed by atoms with Crippen molar-refractivity contribution < 1.29 is 9.18 Å². The number of aromatic nitrogens is 2. The molecule has 0 radical (unpaired) electrons. The number of rotatable bonds is 6. The average molecular weight is 337 g/mol. The van der Waals surface area contributed by atoms with E-state index in [1.807, 2.05) is 25.1 Å². The topological polar surface area (TPSA) is 46.9 Å². The smallest absolute Gasteiger partial charge is 0.254 e. The fraction of sp³-hybridized carbons (Fsp3) is 0.200. The van der Waals surface area contributed by atoms with Crippen molar-refractivity contribution in [3.63, 3.8) is 0 Å². The van der Waals surface area contributed by atoms with Crippen LogP contribution in [-0.4, -0.2) is 21.7 Å². The van der Waals surface area contributed by atoms with Gasteiger partial charge >= 0.3 is 0 Å². The summed E-state index contributed by atoms with van der Waals surface area (Å²) in [6.07, 6.45) is 4.94. The summed E-state index contributed by atoms with van der Waals surface area (Å²) in [6.45, 7) is 1.99. The summed E-state index contributed by atoms with van der Waals surface area (Å²) in [5, 5.41) is 7.16. The van der Waals surface area contributed by atoms with Crippen molar-refractivity contribution in [1.29, 1.82) is 0 Å². The third-order valence-electron chi connectivity index (χ3n) is 4.02. The standard InChI is InChI=1S/C20H20FN3O/c1-15(7-8-16-5-3-2-4-6-16)23-20(25)17-13-22-24(14-17)19-11-9-18(21)10-12-19/h2-6,9-15H,7-8H2,1H3,(H,23,25)/t15-/m0/s1. The Balaban J connectivity index is 1.57. The van der Waals surface area contributed by atoms with Crippen LogP contribution in [0.2, 0.25) is 0 Å². The molecule has 3 rings (SSSR count). The largest absolute Gasteiger partial charge is 0.349 e. The van der Waals surface area contributed by atoms with E-state index in [4.69, 9.17) is 0 Å². The Labute approximate surface area is 146 Å². The predicted molar refractivity (Wildman–Crippen MR) is 95.2 cm³/mol. The maximum absolute atomic E-state index is 13.0. The minimum absolute atomic E-state index is 0.0573. The minimum atomic E-state index is -0.305. The van der Waals surface area contributed by atoms with Gasteiger partial charge in [0.05, 0.1) is 17.4 Å². The Morgan fingerprint density at radius 3 is 2.60 bits per heavy atom. The van der Waals surface area contributed by atoms with Crippen LogP contribution in [0.3, 0.4) is 0 Å². The summed E-state index contributed by atoms with van der Waals surface area (Å²) in [5.74, 6) is -0.463. The molecule has 0 saturated carbocycles. The van der Waals surface area contributed by atoms with E-state index in [1.165, 1.54) is 23.9 Å². The molecule has 3 aromatic rings. The lowest BCUT2D eigenvalue weighted by molar-refractivity contribution is 0.0938. The van der Waals surface area contributed by atoms with E-state index < -0.39 is 0 Å². The van der Waals surface area contributed by atoms with Crippen molar-refractivity contribution in [3.8, 4) is 5.69 Å². The number of aryl methyl sites for hydroxylation is 1. The van der Waals surface area contributed by atoms with Crippen LogP contribution < -0.4 is 5.32 Å². The first-order valence-corrected chi connectivity index (χ1v) is 8.27. The van der Waals surface area contributed by atoms with Gasteiger partial charge < -0.3 is 5.32 Å². The molecule has 1 heterocycles. The highest BCUT2D eigenvalue weighted by atomic mass is 19.1. The molecule has 0 bridgehead atoms. The number of nitrogens with one attached hydrogen (secondary N) is 1. The quantitative estimate of drug-likeness (QED) is 0.744. The number of nitrogens with zero attached hydrogens (tertiary/aromatic N) is 2. The van der Waals surface area contributed by atoms with Crippen molar-refractivity contribution in [3.05, 3.63) is 83.9 Å². The molecule has 0 saturated heterocycles. The van der Waals surface area contributed by atoms with Crippen LogP contribution in [0.15, 0.2) is 67.0 Å². The Hall–Kier alpha value is -2.95. The lowest BCUT2D eigenvalue weighted by Gasteiger charge is -2.13. The molecule has 4 nitrogen and oxygen atoms in total. The van der Waals surface area contributed by atoms with Gasteiger partial charge in [0, 0.05) is 12.2 Å². The number of carbonyl (C=O) groups excluding carboxylic acids is 1. The zero-order chi connectivity index (χ0) is 17.6. The molecular weight excluding hydrogens is 317 g/mol. The lowest BCUT2D eigenvalue weighted by Crippen LogP contribution is -2.32. The number of carbonyl (C=O) groups is 1. The average Bonchev–Trinajstić information content (AvgIpc) is 3.12. The summed E-state index contributed by atoms with van der Waals surface area (Å²) in [6, 6.07) is 16.2. The molecule has 1 amide bonds. The highest BCUT2D eigenvalue weighted by Crippen LogP contribution is 2.10. The van der Waals surface area contributed by atoms with Gasteiger partial charge in [0.15, 0.2) is 0 Å². The van der Waals surface area contributed by atoms with Gasteiger partial charge in [-0.3, -0.25) is 4.79 Å². The van der Waals surface area contributed by atoms with Crippen LogP contribution in [-0.2, 0) is 6.42 Å². The van der Waals surface area contributed by atoms with Crippen molar-refractivity contribution in [1.82, 2.24) is 15.1 Å². The first-order valence-electron chi connectivity index (χ1n) is 8.27. The van der Waals surface area contributed by atoms with Gasteiger partial charge in [-0.25, -0.2) is 9.07 Å². The molecule has 0 spiro atoms. The van der Waals surface area contributed by atoms with E-state index in [1.54, 1.807) is 23.0 Å². The van der Waals surface area contributed by atoms with E-state index in [-0.39, 0.29) is 17.8 Å². The molecule has 0 aliphatic heterocycles. The third kappa shape index (κ3) is 4.53. The molecule has 2 aromatic carbocycles. The van der Waals surface area contributed by atoms with E-state index in [0.717, 1.165) is 12.8 Å².